The van der Waals surface area contributed by atoms with E-state index in [1.54, 1.807) is 0 Å². The first-order valence-corrected chi connectivity index (χ1v) is 9.49. The maximum Gasteiger partial charge on any atom is 0.215 e. The highest BCUT2D eigenvalue weighted by molar-refractivity contribution is 6.31. The van der Waals surface area contributed by atoms with Crippen molar-refractivity contribution >= 4 is 28.9 Å². The van der Waals surface area contributed by atoms with Gasteiger partial charge in [0.25, 0.3) is 0 Å². The molecule has 4 nitrogen and oxygen atoms in total. The Morgan fingerprint density at radius 3 is 2.67 bits per heavy atom. The second-order valence-electron chi connectivity index (χ2n) is 6.73. The van der Waals surface area contributed by atoms with Gasteiger partial charge < -0.3 is 9.15 Å². The third-order valence-corrected chi connectivity index (χ3v) is 5.53. The molecule has 0 aliphatic carbocycles. The molecule has 1 aromatic heterocycles. The first kappa shape index (κ1) is 16.7. The van der Waals surface area contributed by atoms with Crippen LogP contribution in [0.4, 0.5) is 0 Å². The predicted octanol–water partition coefficient (Wildman–Crippen LogP) is 6.14. The number of furan rings is 1. The normalized spacial score (nSPS) is 20.7. The molecule has 2 atom stereocenters. The van der Waals surface area contributed by atoms with Gasteiger partial charge in [0.15, 0.2) is 0 Å². The fourth-order valence-corrected chi connectivity index (χ4v) is 4.09. The second-order valence-corrected chi connectivity index (χ2v) is 7.57. The Bertz CT molecular complexity index is 1060. The Hall–Kier alpha value is -2.43. The van der Waals surface area contributed by atoms with Gasteiger partial charge in [0.2, 0.25) is 6.23 Å². The highest BCUT2D eigenvalue weighted by Gasteiger charge is 2.42. The molecule has 2 aliphatic heterocycles. The average molecular weight is 399 g/mol. The van der Waals surface area contributed by atoms with Crippen molar-refractivity contribution in [1.82, 2.24) is 5.01 Å². The van der Waals surface area contributed by atoms with Crippen LogP contribution in [0.3, 0.4) is 0 Å². The number of rotatable bonds is 2. The minimum atomic E-state index is -0.411. The molecule has 3 aromatic rings. The Labute approximate surface area is 166 Å². The molecule has 2 aliphatic rings. The topological polar surface area (TPSA) is 38.0 Å². The summed E-state index contributed by atoms with van der Waals surface area (Å²) in [7, 11) is 0. The molecule has 0 bridgehead atoms. The van der Waals surface area contributed by atoms with Crippen molar-refractivity contribution in [3.63, 3.8) is 0 Å². The van der Waals surface area contributed by atoms with E-state index >= 15 is 0 Å². The third-order valence-electron chi connectivity index (χ3n) is 4.95. The Morgan fingerprint density at radius 1 is 1.04 bits per heavy atom. The maximum atomic E-state index is 6.46. The number of halogens is 2. The molecule has 0 saturated heterocycles. The largest absolute Gasteiger partial charge is 0.464 e. The molecule has 0 amide bonds. The lowest BCUT2D eigenvalue weighted by atomic mass is 9.97. The number of hydrogen-bond acceptors (Lipinski definition) is 4. The Kier molecular flexibility index (Phi) is 3.92. The number of hydrogen-bond donors (Lipinski definition) is 0. The highest BCUT2D eigenvalue weighted by Crippen LogP contribution is 2.49. The summed E-state index contributed by atoms with van der Waals surface area (Å²) in [6.07, 6.45) is 0.302. The molecule has 0 saturated carbocycles. The summed E-state index contributed by atoms with van der Waals surface area (Å²) in [6, 6.07) is 17.3. The van der Waals surface area contributed by atoms with E-state index in [2.05, 4.69) is 0 Å². The van der Waals surface area contributed by atoms with E-state index in [0.717, 1.165) is 34.1 Å². The summed E-state index contributed by atoms with van der Waals surface area (Å²) in [4.78, 5) is 0. The maximum absolute atomic E-state index is 6.46. The molecular weight excluding hydrogens is 383 g/mol. The van der Waals surface area contributed by atoms with Crippen molar-refractivity contribution in [3.05, 3.63) is 87.3 Å². The molecule has 0 radical (unpaired) electrons. The summed E-state index contributed by atoms with van der Waals surface area (Å²) in [5.41, 5.74) is 2.79. The first-order valence-electron chi connectivity index (χ1n) is 8.73. The lowest BCUT2D eigenvalue weighted by molar-refractivity contribution is -0.0189. The van der Waals surface area contributed by atoms with Crippen LogP contribution in [0, 0.1) is 6.92 Å². The van der Waals surface area contributed by atoms with Crippen LogP contribution < -0.4 is 4.74 Å². The number of fused-ring (bicyclic) bond motifs is 3. The predicted molar refractivity (Wildman–Crippen MR) is 105 cm³/mol. The first-order chi connectivity index (χ1) is 13.1. The van der Waals surface area contributed by atoms with E-state index in [-0.39, 0.29) is 6.04 Å². The molecule has 3 heterocycles. The molecule has 2 aromatic carbocycles. The second kappa shape index (κ2) is 6.32. The zero-order chi connectivity index (χ0) is 18.5. The molecule has 0 spiro atoms. The van der Waals surface area contributed by atoms with E-state index in [9.17, 15) is 0 Å². The smallest absolute Gasteiger partial charge is 0.215 e. The van der Waals surface area contributed by atoms with Crippen molar-refractivity contribution in [2.45, 2.75) is 25.6 Å². The van der Waals surface area contributed by atoms with Crippen molar-refractivity contribution in [2.24, 2.45) is 5.10 Å². The Balaban J connectivity index is 1.63. The van der Waals surface area contributed by atoms with Gasteiger partial charge in [-0.1, -0.05) is 41.4 Å². The fourth-order valence-electron chi connectivity index (χ4n) is 3.68. The van der Waals surface area contributed by atoms with Crippen LogP contribution in [-0.4, -0.2) is 10.7 Å². The molecule has 0 fully saturated rings. The third kappa shape index (κ3) is 2.80. The minimum absolute atomic E-state index is 0.00845. The lowest BCUT2D eigenvalue weighted by Crippen LogP contribution is -2.33. The van der Waals surface area contributed by atoms with Crippen molar-refractivity contribution in [3.8, 4) is 5.75 Å². The van der Waals surface area contributed by atoms with E-state index in [0.29, 0.717) is 16.5 Å². The fraction of sp³-hybridized carbons (Fsp3) is 0.190. The van der Waals surface area contributed by atoms with Gasteiger partial charge in [-0.25, -0.2) is 5.01 Å². The van der Waals surface area contributed by atoms with E-state index in [1.807, 2.05) is 66.5 Å². The summed E-state index contributed by atoms with van der Waals surface area (Å²) < 4.78 is 12.1. The van der Waals surface area contributed by atoms with E-state index in [4.69, 9.17) is 37.5 Å². The van der Waals surface area contributed by atoms with Gasteiger partial charge >= 0.3 is 0 Å². The van der Waals surface area contributed by atoms with Gasteiger partial charge in [-0.3, -0.25) is 0 Å². The zero-order valence-electron chi connectivity index (χ0n) is 14.5. The van der Waals surface area contributed by atoms with Gasteiger partial charge in [0.05, 0.1) is 6.04 Å². The zero-order valence-corrected chi connectivity index (χ0v) is 16.0. The monoisotopic (exact) mass is 398 g/mol. The molecule has 0 unspecified atom stereocenters. The number of nitrogens with zero attached hydrogens (tertiary/aromatic N) is 2. The quantitative estimate of drug-likeness (QED) is 0.520. The van der Waals surface area contributed by atoms with Crippen LogP contribution in [-0.2, 0) is 0 Å². The summed E-state index contributed by atoms with van der Waals surface area (Å²) in [5.74, 6) is 2.45. The molecule has 0 N–H and O–H groups in total. The average Bonchev–Trinajstić information content (AvgIpc) is 3.28. The molecule has 27 heavy (non-hydrogen) atoms. The van der Waals surface area contributed by atoms with Gasteiger partial charge in [-0.2, -0.15) is 5.10 Å². The number of hydrazone groups is 1. The molecule has 136 valence electrons. The summed E-state index contributed by atoms with van der Waals surface area (Å²) in [6.45, 7) is 1.93. The van der Waals surface area contributed by atoms with E-state index < -0.39 is 6.23 Å². The van der Waals surface area contributed by atoms with Crippen molar-refractivity contribution in [2.75, 3.05) is 0 Å². The highest BCUT2D eigenvalue weighted by atomic mass is 35.5. The SMILES string of the molecule is Cc1ccc(C2=NN3[C@@H](C2)c2cc(Cl)ccc2O[C@H]3c2ccccc2Cl)o1. The van der Waals surface area contributed by atoms with Crippen molar-refractivity contribution < 1.29 is 9.15 Å². The molecule has 6 heteroatoms. The van der Waals surface area contributed by atoms with E-state index in [1.165, 1.54) is 0 Å². The lowest BCUT2D eigenvalue weighted by Gasteiger charge is -2.38. The van der Waals surface area contributed by atoms with Crippen molar-refractivity contribution in [1.29, 1.82) is 0 Å². The van der Waals surface area contributed by atoms with Gasteiger partial charge in [-0.15, -0.1) is 0 Å². The van der Waals surface area contributed by atoms with Gasteiger partial charge in [0, 0.05) is 27.6 Å². The molecular formula is C21H16Cl2N2O2. The standard InChI is InChI=1S/C21H16Cl2N2O2/c1-12-6-8-20(26-12)17-11-18-15-10-13(22)7-9-19(15)27-21(25(18)24-17)14-4-2-3-5-16(14)23/h2-10,18,21H,11H2,1H3/t18-,21-/m0/s1. The van der Waals surface area contributed by atoms with Crippen LogP contribution in [0.25, 0.3) is 0 Å². The van der Waals surface area contributed by atoms with Crippen LogP contribution in [0.1, 0.15) is 41.3 Å². The van der Waals surface area contributed by atoms with Crippen LogP contribution in [0.15, 0.2) is 64.1 Å². The molecule has 5 rings (SSSR count). The van der Waals surface area contributed by atoms with Crippen LogP contribution in [0.2, 0.25) is 10.0 Å². The summed E-state index contributed by atoms with van der Waals surface area (Å²) in [5, 5.41) is 8.14. The number of benzene rings is 2. The van der Waals surface area contributed by atoms with Gasteiger partial charge in [0.1, 0.15) is 23.0 Å². The van der Waals surface area contributed by atoms with Crippen LogP contribution >= 0.6 is 23.2 Å². The number of aryl methyl sites for hydroxylation is 1. The van der Waals surface area contributed by atoms with Crippen LogP contribution in [0.5, 0.6) is 5.75 Å². The minimum Gasteiger partial charge on any atom is -0.464 e. The van der Waals surface area contributed by atoms with Gasteiger partial charge in [-0.05, 0) is 43.3 Å². The Morgan fingerprint density at radius 2 is 1.89 bits per heavy atom. The number of ether oxygens (including phenoxy) is 1. The summed E-state index contributed by atoms with van der Waals surface area (Å²) >= 11 is 12.7.